The first kappa shape index (κ1) is 13.4. The maximum atomic E-state index is 13.0. The molecule has 1 aliphatic rings. The number of aromatic nitrogens is 2. The summed E-state index contributed by atoms with van der Waals surface area (Å²) in [6, 6.07) is 1.26. The van der Waals surface area contributed by atoms with Gasteiger partial charge in [-0.25, -0.2) is 0 Å². The molecule has 0 amide bonds. The average Bonchev–Trinajstić information content (AvgIpc) is 2.65. The van der Waals surface area contributed by atoms with E-state index in [1.807, 2.05) is 0 Å². The fourth-order valence-electron chi connectivity index (χ4n) is 1.62. The number of hydrogen-bond donors (Lipinski definition) is 1. The summed E-state index contributed by atoms with van der Waals surface area (Å²) in [5, 5.41) is 15.8. The second kappa shape index (κ2) is 3.97. The lowest BCUT2D eigenvalue weighted by atomic mass is 10.1. The second-order valence-electron chi connectivity index (χ2n) is 3.81. The molecule has 2 rings (SSSR count). The highest BCUT2D eigenvalue weighted by atomic mass is 19.4. The van der Waals surface area contributed by atoms with Gasteiger partial charge in [0.2, 0.25) is 5.78 Å². The lowest BCUT2D eigenvalue weighted by Crippen LogP contribution is -2.39. The van der Waals surface area contributed by atoms with Gasteiger partial charge < -0.3 is 5.11 Å². The molecule has 1 N–H and O–H groups in total. The first-order valence-electron chi connectivity index (χ1n) is 4.88. The van der Waals surface area contributed by atoms with Gasteiger partial charge in [0.25, 0.3) is 0 Å². The SMILES string of the molecule is O=C1/C(=C(\O)C(F)(F)C(F)(F)F)Cc2ccnnc21. The van der Waals surface area contributed by atoms with Crippen LogP contribution in [0.3, 0.4) is 0 Å². The van der Waals surface area contributed by atoms with Crippen molar-refractivity contribution in [2.45, 2.75) is 18.5 Å². The predicted molar refractivity (Wildman–Crippen MR) is 50.7 cm³/mol. The molecule has 0 unspecified atom stereocenters. The highest BCUT2D eigenvalue weighted by Gasteiger charge is 2.62. The van der Waals surface area contributed by atoms with E-state index in [9.17, 15) is 26.7 Å². The van der Waals surface area contributed by atoms with Crippen LogP contribution in [0.1, 0.15) is 16.1 Å². The van der Waals surface area contributed by atoms with Crippen molar-refractivity contribution >= 4 is 5.78 Å². The minimum absolute atomic E-state index is 0.138. The molecule has 0 saturated heterocycles. The highest BCUT2D eigenvalue weighted by molar-refractivity contribution is 6.12. The van der Waals surface area contributed by atoms with E-state index in [1.54, 1.807) is 0 Å². The summed E-state index contributed by atoms with van der Waals surface area (Å²) >= 11 is 0. The average molecular weight is 280 g/mol. The van der Waals surface area contributed by atoms with Crippen molar-refractivity contribution in [1.82, 2.24) is 10.2 Å². The summed E-state index contributed by atoms with van der Waals surface area (Å²) < 4.78 is 62.2. The van der Waals surface area contributed by atoms with Crippen LogP contribution < -0.4 is 0 Å². The molecule has 9 heteroatoms. The second-order valence-corrected chi connectivity index (χ2v) is 3.81. The maximum Gasteiger partial charge on any atom is 0.461 e. The molecule has 0 aliphatic heterocycles. The lowest BCUT2D eigenvalue weighted by molar-refractivity contribution is -0.274. The number of aliphatic hydroxyl groups is 1. The van der Waals surface area contributed by atoms with Crippen LogP contribution in [0.4, 0.5) is 22.0 Å². The van der Waals surface area contributed by atoms with Crippen LogP contribution >= 0.6 is 0 Å². The molecule has 102 valence electrons. The molecule has 0 radical (unpaired) electrons. The molecule has 0 saturated carbocycles. The Balaban J connectivity index is 2.50. The molecule has 19 heavy (non-hydrogen) atoms. The molecule has 1 heterocycles. The van der Waals surface area contributed by atoms with Gasteiger partial charge in [0.05, 0.1) is 5.57 Å². The van der Waals surface area contributed by atoms with Gasteiger partial charge in [0, 0.05) is 12.6 Å². The third kappa shape index (κ3) is 1.94. The van der Waals surface area contributed by atoms with Crippen molar-refractivity contribution in [2.24, 2.45) is 0 Å². The largest absolute Gasteiger partial charge is 0.506 e. The van der Waals surface area contributed by atoms with Crippen molar-refractivity contribution in [3.63, 3.8) is 0 Å². The Morgan fingerprint density at radius 1 is 1.26 bits per heavy atom. The summed E-state index contributed by atoms with van der Waals surface area (Å²) in [4.78, 5) is 11.6. The molecule has 0 bridgehead atoms. The summed E-state index contributed by atoms with van der Waals surface area (Å²) in [6.07, 6.45) is -5.36. The lowest BCUT2D eigenvalue weighted by Gasteiger charge is -2.19. The van der Waals surface area contributed by atoms with Crippen LogP contribution in [0.25, 0.3) is 0 Å². The van der Waals surface area contributed by atoms with Gasteiger partial charge in [-0.2, -0.15) is 27.1 Å². The number of carbonyl (C=O) groups is 1. The minimum Gasteiger partial charge on any atom is -0.506 e. The molecule has 0 atom stereocenters. The standard InChI is InChI=1S/C10H5F5N2O2/c11-9(12,10(13,14)15)8(19)5-3-4-1-2-16-17-6(4)7(5)18/h1-2,19H,3H2/b8-5-. The molecular formula is C10H5F5N2O2. The summed E-state index contributed by atoms with van der Waals surface area (Å²) in [5.41, 5.74) is -1.21. The number of ketones is 1. The zero-order chi connectivity index (χ0) is 14.4. The van der Waals surface area contributed by atoms with Gasteiger partial charge in [0.1, 0.15) is 5.69 Å². The number of aliphatic hydroxyl groups excluding tert-OH is 1. The number of alkyl halides is 5. The Bertz CT molecular complexity index is 580. The molecule has 0 spiro atoms. The Hall–Kier alpha value is -2.06. The smallest absolute Gasteiger partial charge is 0.461 e. The van der Waals surface area contributed by atoms with Crippen LogP contribution in [-0.4, -0.2) is 33.2 Å². The fourth-order valence-corrected chi connectivity index (χ4v) is 1.62. The highest BCUT2D eigenvalue weighted by Crippen LogP contribution is 2.42. The number of allylic oxidation sites excluding steroid dienone is 2. The summed E-state index contributed by atoms with van der Waals surface area (Å²) in [7, 11) is 0. The summed E-state index contributed by atoms with van der Waals surface area (Å²) in [6.45, 7) is 0. The molecule has 1 aromatic heterocycles. The van der Waals surface area contributed by atoms with Crippen LogP contribution in [0.5, 0.6) is 0 Å². The van der Waals surface area contributed by atoms with E-state index in [0.29, 0.717) is 0 Å². The third-order valence-corrected chi connectivity index (χ3v) is 2.60. The van der Waals surface area contributed by atoms with Gasteiger partial charge in [-0.05, 0) is 11.6 Å². The first-order chi connectivity index (χ1) is 8.66. The number of Topliss-reactive ketones (excluding diaryl/α,β-unsaturated/α-hetero) is 1. The van der Waals surface area contributed by atoms with Crippen molar-refractivity contribution in [3.05, 3.63) is 34.9 Å². The van der Waals surface area contributed by atoms with Crippen molar-refractivity contribution in [3.8, 4) is 0 Å². The van der Waals surface area contributed by atoms with Gasteiger partial charge in [0.15, 0.2) is 5.76 Å². The topological polar surface area (TPSA) is 63.1 Å². The quantitative estimate of drug-likeness (QED) is 0.487. The van der Waals surface area contributed by atoms with Crippen LogP contribution in [0, 0.1) is 0 Å². The van der Waals surface area contributed by atoms with Crippen molar-refractivity contribution in [2.75, 3.05) is 0 Å². The monoisotopic (exact) mass is 280 g/mol. The van der Waals surface area contributed by atoms with E-state index in [2.05, 4.69) is 10.2 Å². The Morgan fingerprint density at radius 3 is 2.42 bits per heavy atom. The first-order valence-corrected chi connectivity index (χ1v) is 4.88. The van der Waals surface area contributed by atoms with E-state index in [0.717, 1.165) is 6.20 Å². The van der Waals surface area contributed by atoms with E-state index < -0.39 is 35.6 Å². The predicted octanol–water partition coefficient (Wildman–Crippen LogP) is 2.23. The number of nitrogens with zero attached hydrogens (tertiary/aromatic N) is 2. The van der Waals surface area contributed by atoms with Gasteiger partial charge in [-0.3, -0.25) is 4.79 Å². The van der Waals surface area contributed by atoms with Crippen LogP contribution in [0.2, 0.25) is 0 Å². The molecule has 1 aliphatic carbocycles. The zero-order valence-corrected chi connectivity index (χ0v) is 9.00. The maximum absolute atomic E-state index is 13.0. The van der Waals surface area contributed by atoms with E-state index >= 15 is 0 Å². The van der Waals surface area contributed by atoms with E-state index in [1.165, 1.54) is 6.07 Å². The van der Waals surface area contributed by atoms with Crippen molar-refractivity contribution in [1.29, 1.82) is 0 Å². The minimum atomic E-state index is -5.98. The van der Waals surface area contributed by atoms with Gasteiger partial charge >= 0.3 is 12.1 Å². The fraction of sp³-hybridized carbons (Fsp3) is 0.300. The molecular weight excluding hydrogens is 275 g/mol. The van der Waals surface area contributed by atoms with E-state index in [-0.39, 0.29) is 11.3 Å². The zero-order valence-electron chi connectivity index (χ0n) is 9.00. The van der Waals surface area contributed by atoms with Gasteiger partial charge in [-0.1, -0.05) is 0 Å². The number of rotatable bonds is 1. The van der Waals surface area contributed by atoms with Crippen molar-refractivity contribution < 1.29 is 31.9 Å². The van der Waals surface area contributed by atoms with Crippen LogP contribution in [-0.2, 0) is 6.42 Å². The molecule has 0 fully saturated rings. The Kier molecular flexibility index (Phi) is 2.79. The number of fused-ring (bicyclic) bond motifs is 1. The Morgan fingerprint density at radius 2 is 1.89 bits per heavy atom. The Labute approximate surface area is 102 Å². The number of hydrogen-bond acceptors (Lipinski definition) is 4. The third-order valence-electron chi connectivity index (χ3n) is 2.60. The van der Waals surface area contributed by atoms with Crippen LogP contribution in [0.15, 0.2) is 23.6 Å². The van der Waals surface area contributed by atoms with E-state index in [4.69, 9.17) is 5.11 Å². The molecule has 0 aromatic carbocycles. The number of halogens is 5. The normalized spacial score (nSPS) is 18.5. The summed E-state index contributed by atoms with van der Waals surface area (Å²) in [5.74, 6) is -8.94. The molecule has 1 aromatic rings. The molecule has 4 nitrogen and oxygen atoms in total. The number of carbonyl (C=O) groups excluding carboxylic acids is 1. The van der Waals surface area contributed by atoms with Gasteiger partial charge in [-0.15, -0.1) is 5.10 Å².